The van der Waals surface area contributed by atoms with Gasteiger partial charge in [-0.1, -0.05) is 26.0 Å². The first kappa shape index (κ1) is 16.8. The molecule has 0 saturated carbocycles. The maximum Gasteiger partial charge on any atom is 0.260 e. The van der Waals surface area contributed by atoms with E-state index in [9.17, 15) is 4.79 Å². The fourth-order valence-electron chi connectivity index (χ4n) is 2.63. The zero-order valence-corrected chi connectivity index (χ0v) is 14.1. The Morgan fingerprint density at radius 1 is 1.27 bits per heavy atom. The topological polar surface area (TPSA) is 50.4 Å². The van der Waals surface area contributed by atoms with Crippen LogP contribution in [-0.2, 0) is 4.79 Å². The highest BCUT2D eigenvalue weighted by Crippen LogP contribution is 2.25. The molecule has 2 rings (SSSR count). The highest BCUT2D eigenvalue weighted by atomic mass is 16.5. The van der Waals surface area contributed by atoms with Gasteiger partial charge in [-0.05, 0) is 62.9 Å². The van der Waals surface area contributed by atoms with Crippen LogP contribution in [0, 0.1) is 6.92 Å². The molecule has 4 nitrogen and oxygen atoms in total. The maximum atomic E-state index is 12.3. The van der Waals surface area contributed by atoms with Crippen LogP contribution >= 0.6 is 0 Å². The number of nitrogens with one attached hydrogen (secondary N) is 2. The second-order valence-electron chi connectivity index (χ2n) is 6.47. The summed E-state index contributed by atoms with van der Waals surface area (Å²) >= 11 is 0. The van der Waals surface area contributed by atoms with E-state index in [1.54, 1.807) is 0 Å². The van der Waals surface area contributed by atoms with Crippen LogP contribution in [0.1, 0.15) is 50.7 Å². The van der Waals surface area contributed by atoms with Crippen LogP contribution in [0.25, 0.3) is 0 Å². The third-order valence-electron chi connectivity index (χ3n) is 4.24. The van der Waals surface area contributed by atoms with E-state index in [2.05, 4.69) is 36.6 Å². The average Bonchev–Trinajstić information content (AvgIpc) is 2.50. The van der Waals surface area contributed by atoms with Crippen molar-refractivity contribution in [1.29, 1.82) is 0 Å². The van der Waals surface area contributed by atoms with Crippen LogP contribution in [0.15, 0.2) is 18.2 Å². The summed E-state index contributed by atoms with van der Waals surface area (Å²) in [6, 6.07) is 6.49. The molecule has 1 saturated heterocycles. The molecule has 0 spiro atoms. The Balaban J connectivity index is 1.96. The third-order valence-corrected chi connectivity index (χ3v) is 4.24. The first-order valence-corrected chi connectivity index (χ1v) is 8.25. The lowest BCUT2D eigenvalue weighted by Crippen LogP contribution is -2.47. The van der Waals surface area contributed by atoms with Crippen LogP contribution in [-0.4, -0.2) is 31.1 Å². The molecule has 0 aliphatic carbocycles. The molecule has 1 unspecified atom stereocenters. The molecule has 1 atom stereocenters. The minimum Gasteiger partial charge on any atom is -0.481 e. The summed E-state index contributed by atoms with van der Waals surface area (Å²) in [6.45, 7) is 10.1. The summed E-state index contributed by atoms with van der Waals surface area (Å²) in [4.78, 5) is 12.3. The summed E-state index contributed by atoms with van der Waals surface area (Å²) in [7, 11) is 0. The quantitative estimate of drug-likeness (QED) is 0.879. The van der Waals surface area contributed by atoms with Crippen LogP contribution < -0.4 is 15.4 Å². The molecule has 4 heteroatoms. The molecule has 1 fully saturated rings. The van der Waals surface area contributed by atoms with Gasteiger partial charge in [0.1, 0.15) is 5.75 Å². The minimum absolute atomic E-state index is 0.0266. The molecule has 1 aromatic rings. The molecule has 0 aromatic heterocycles. The van der Waals surface area contributed by atoms with Crippen molar-refractivity contribution in [2.75, 3.05) is 13.1 Å². The minimum atomic E-state index is -0.476. The highest BCUT2D eigenvalue weighted by molar-refractivity contribution is 5.81. The average molecular weight is 304 g/mol. The number of piperidine rings is 1. The number of aryl methyl sites for hydroxylation is 1. The van der Waals surface area contributed by atoms with Crippen molar-refractivity contribution in [2.24, 2.45) is 0 Å². The summed E-state index contributed by atoms with van der Waals surface area (Å²) in [5.41, 5.74) is 2.29. The predicted molar refractivity (Wildman–Crippen MR) is 89.4 cm³/mol. The molecular weight excluding hydrogens is 276 g/mol. The fourth-order valence-corrected chi connectivity index (χ4v) is 2.63. The van der Waals surface area contributed by atoms with Gasteiger partial charge < -0.3 is 15.4 Å². The summed E-state index contributed by atoms with van der Waals surface area (Å²) in [5, 5.41) is 6.39. The monoisotopic (exact) mass is 304 g/mol. The molecule has 1 heterocycles. The summed E-state index contributed by atoms with van der Waals surface area (Å²) < 4.78 is 5.91. The second-order valence-corrected chi connectivity index (χ2v) is 6.47. The highest BCUT2D eigenvalue weighted by Gasteiger charge is 2.21. The predicted octanol–water partition coefficient (Wildman–Crippen LogP) is 2.75. The van der Waals surface area contributed by atoms with Gasteiger partial charge in [0.05, 0.1) is 0 Å². The van der Waals surface area contributed by atoms with Crippen LogP contribution in [0.4, 0.5) is 0 Å². The Kier molecular flexibility index (Phi) is 5.83. The fraction of sp³-hybridized carbons (Fsp3) is 0.611. The smallest absolute Gasteiger partial charge is 0.260 e. The van der Waals surface area contributed by atoms with Gasteiger partial charge >= 0.3 is 0 Å². The molecule has 1 aliphatic heterocycles. The van der Waals surface area contributed by atoms with Gasteiger partial charge in [0.15, 0.2) is 6.10 Å². The van der Waals surface area contributed by atoms with Crippen LogP contribution in [0.3, 0.4) is 0 Å². The van der Waals surface area contributed by atoms with E-state index >= 15 is 0 Å². The Morgan fingerprint density at radius 2 is 1.95 bits per heavy atom. The first-order valence-electron chi connectivity index (χ1n) is 8.25. The van der Waals surface area contributed by atoms with Crippen LogP contribution in [0.2, 0.25) is 0 Å². The lowest BCUT2D eigenvalue weighted by atomic mass is 10.0. The Hall–Kier alpha value is -1.55. The standard InChI is InChI=1S/C18H28N2O2/c1-12(2)15-6-5-13(3)17(11-15)22-14(4)18(21)20-16-7-9-19-10-8-16/h5-6,11-12,14,16,19H,7-10H2,1-4H3,(H,20,21). The number of carbonyl (C=O) groups is 1. The van der Waals surface area contributed by atoms with Crippen molar-refractivity contribution in [1.82, 2.24) is 10.6 Å². The third kappa shape index (κ3) is 4.47. The van der Waals surface area contributed by atoms with E-state index in [0.717, 1.165) is 37.2 Å². The van der Waals surface area contributed by atoms with Crippen molar-refractivity contribution < 1.29 is 9.53 Å². The van der Waals surface area contributed by atoms with E-state index in [0.29, 0.717) is 5.92 Å². The first-order chi connectivity index (χ1) is 10.5. The van der Waals surface area contributed by atoms with E-state index < -0.39 is 6.10 Å². The van der Waals surface area contributed by atoms with Gasteiger partial charge in [-0.25, -0.2) is 0 Å². The molecular formula is C18H28N2O2. The largest absolute Gasteiger partial charge is 0.481 e. The summed E-state index contributed by atoms with van der Waals surface area (Å²) in [5.74, 6) is 1.22. The molecule has 122 valence electrons. The van der Waals surface area contributed by atoms with Crippen molar-refractivity contribution in [3.8, 4) is 5.75 Å². The number of rotatable bonds is 5. The van der Waals surface area contributed by atoms with Gasteiger partial charge in [-0.2, -0.15) is 0 Å². The Morgan fingerprint density at radius 3 is 2.59 bits per heavy atom. The molecule has 22 heavy (non-hydrogen) atoms. The Bertz CT molecular complexity index is 508. The zero-order chi connectivity index (χ0) is 16.1. The lowest BCUT2D eigenvalue weighted by molar-refractivity contribution is -0.128. The molecule has 1 aromatic carbocycles. The van der Waals surface area contributed by atoms with Gasteiger partial charge in [0.2, 0.25) is 0 Å². The lowest BCUT2D eigenvalue weighted by Gasteiger charge is -2.25. The van der Waals surface area contributed by atoms with Crippen LogP contribution in [0.5, 0.6) is 5.75 Å². The normalized spacial score (nSPS) is 17.3. The van der Waals surface area contributed by atoms with Crippen molar-refractivity contribution >= 4 is 5.91 Å². The number of hydrogen-bond donors (Lipinski definition) is 2. The molecule has 1 aliphatic rings. The van der Waals surface area contributed by atoms with Crippen molar-refractivity contribution in [2.45, 2.75) is 58.6 Å². The SMILES string of the molecule is Cc1ccc(C(C)C)cc1OC(C)C(=O)NC1CCNCC1. The van der Waals surface area contributed by atoms with E-state index in [-0.39, 0.29) is 11.9 Å². The summed E-state index contributed by atoms with van der Waals surface area (Å²) in [6.07, 6.45) is 1.50. The molecule has 2 N–H and O–H groups in total. The van der Waals surface area contributed by atoms with Gasteiger partial charge in [-0.15, -0.1) is 0 Å². The maximum absolute atomic E-state index is 12.3. The number of benzene rings is 1. The van der Waals surface area contributed by atoms with Gasteiger partial charge in [0, 0.05) is 6.04 Å². The zero-order valence-electron chi connectivity index (χ0n) is 14.1. The molecule has 0 bridgehead atoms. The van der Waals surface area contributed by atoms with E-state index in [1.807, 2.05) is 19.9 Å². The number of hydrogen-bond acceptors (Lipinski definition) is 3. The van der Waals surface area contributed by atoms with E-state index in [1.165, 1.54) is 5.56 Å². The van der Waals surface area contributed by atoms with Crippen molar-refractivity contribution in [3.63, 3.8) is 0 Å². The van der Waals surface area contributed by atoms with Crippen molar-refractivity contribution in [3.05, 3.63) is 29.3 Å². The van der Waals surface area contributed by atoms with Gasteiger partial charge in [-0.3, -0.25) is 4.79 Å². The second kappa shape index (κ2) is 7.63. The van der Waals surface area contributed by atoms with Gasteiger partial charge in [0.25, 0.3) is 5.91 Å². The van der Waals surface area contributed by atoms with E-state index in [4.69, 9.17) is 4.74 Å². The number of carbonyl (C=O) groups excluding carboxylic acids is 1. The molecule has 1 amide bonds. The number of amides is 1. The Labute approximate surface area is 133 Å². The molecule has 0 radical (unpaired) electrons. The number of ether oxygens (including phenoxy) is 1.